The van der Waals surface area contributed by atoms with Gasteiger partial charge in [-0.1, -0.05) is 0 Å². The Hall–Kier alpha value is -2.26. The number of amides is 2. The zero-order valence-corrected chi connectivity index (χ0v) is 16.2. The van der Waals surface area contributed by atoms with Crippen molar-refractivity contribution in [3.8, 4) is 5.75 Å². The predicted molar refractivity (Wildman–Crippen MR) is 97.2 cm³/mol. The van der Waals surface area contributed by atoms with Crippen LogP contribution in [0, 0.1) is 11.6 Å². The van der Waals surface area contributed by atoms with Crippen molar-refractivity contribution in [3.05, 3.63) is 29.3 Å². The lowest BCUT2D eigenvalue weighted by molar-refractivity contribution is -0.134. The van der Waals surface area contributed by atoms with Crippen LogP contribution in [-0.2, 0) is 9.53 Å². The van der Waals surface area contributed by atoms with Gasteiger partial charge in [-0.05, 0) is 18.6 Å². The first-order valence-electron chi connectivity index (χ1n) is 9.18. The Kier molecular flexibility index (Phi) is 6.14. The Labute approximate surface area is 162 Å². The molecule has 2 saturated heterocycles. The average Bonchev–Trinajstić information content (AvgIpc) is 3.04. The van der Waals surface area contributed by atoms with Crippen LogP contribution in [0.5, 0.6) is 5.75 Å². The summed E-state index contributed by atoms with van der Waals surface area (Å²) in [5, 5.41) is 2.77. The van der Waals surface area contributed by atoms with E-state index in [1.54, 1.807) is 14.1 Å². The van der Waals surface area contributed by atoms with Crippen molar-refractivity contribution in [2.24, 2.45) is 0 Å². The fraction of sp³-hybridized carbons (Fsp3) is 0.579. The zero-order valence-electron chi connectivity index (χ0n) is 16.2. The minimum Gasteiger partial charge on any atom is -0.496 e. The summed E-state index contributed by atoms with van der Waals surface area (Å²) >= 11 is 0. The van der Waals surface area contributed by atoms with E-state index < -0.39 is 23.1 Å². The van der Waals surface area contributed by atoms with Crippen LogP contribution in [0.25, 0.3) is 0 Å². The number of hydrogen-bond acceptors (Lipinski definition) is 5. The standard InChI is InChI=1S/C19H25F2N3O4/c1-23(2)16(25)7-13-9-24-8-11(6-12(24)10-28-13)22-19(26)17-15(27-3)5-4-14(20)18(17)21/h4-5,11-13H,6-10H2,1-3H3,(H,22,26)/t11-,12+,13+/m1/s1. The van der Waals surface area contributed by atoms with Gasteiger partial charge in [0.1, 0.15) is 11.3 Å². The molecule has 154 valence electrons. The molecule has 0 unspecified atom stereocenters. The van der Waals surface area contributed by atoms with E-state index in [0.717, 1.165) is 6.07 Å². The van der Waals surface area contributed by atoms with Crippen LogP contribution in [0.15, 0.2) is 12.1 Å². The molecule has 2 aliphatic rings. The highest BCUT2D eigenvalue weighted by Gasteiger charge is 2.39. The minimum absolute atomic E-state index is 0.00109. The quantitative estimate of drug-likeness (QED) is 0.804. The number of methoxy groups -OCH3 is 1. The Morgan fingerprint density at radius 2 is 2.07 bits per heavy atom. The van der Waals surface area contributed by atoms with Gasteiger partial charge in [-0.3, -0.25) is 14.5 Å². The van der Waals surface area contributed by atoms with Gasteiger partial charge < -0.3 is 19.7 Å². The van der Waals surface area contributed by atoms with E-state index in [4.69, 9.17) is 9.47 Å². The van der Waals surface area contributed by atoms with Crippen LogP contribution < -0.4 is 10.1 Å². The number of benzene rings is 1. The lowest BCUT2D eigenvalue weighted by Crippen LogP contribution is -2.47. The zero-order chi connectivity index (χ0) is 20.4. The van der Waals surface area contributed by atoms with Gasteiger partial charge >= 0.3 is 0 Å². The average molecular weight is 397 g/mol. The summed E-state index contributed by atoms with van der Waals surface area (Å²) in [6.45, 7) is 1.62. The third-order valence-electron chi connectivity index (χ3n) is 5.23. The molecule has 2 fully saturated rings. The Morgan fingerprint density at radius 1 is 1.32 bits per heavy atom. The van der Waals surface area contributed by atoms with Gasteiger partial charge in [0.15, 0.2) is 11.6 Å². The largest absolute Gasteiger partial charge is 0.496 e. The number of rotatable bonds is 5. The molecule has 0 aromatic heterocycles. The van der Waals surface area contributed by atoms with Crippen LogP contribution >= 0.6 is 0 Å². The third-order valence-corrected chi connectivity index (χ3v) is 5.23. The van der Waals surface area contributed by atoms with Gasteiger partial charge in [-0.25, -0.2) is 8.78 Å². The van der Waals surface area contributed by atoms with Gasteiger partial charge in [0.05, 0.1) is 26.2 Å². The topological polar surface area (TPSA) is 71.1 Å². The second-order valence-corrected chi connectivity index (χ2v) is 7.40. The number of morpholine rings is 1. The second-order valence-electron chi connectivity index (χ2n) is 7.40. The van der Waals surface area contributed by atoms with Crippen LogP contribution in [0.2, 0.25) is 0 Å². The maximum atomic E-state index is 14.1. The van der Waals surface area contributed by atoms with Crippen molar-refractivity contribution in [1.29, 1.82) is 0 Å². The van der Waals surface area contributed by atoms with Crippen LogP contribution in [0.1, 0.15) is 23.2 Å². The first kappa shape index (κ1) is 20.5. The molecular weight excluding hydrogens is 372 g/mol. The highest BCUT2D eigenvalue weighted by molar-refractivity contribution is 5.97. The van der Waals surface area contributed by atoms with Gasteiger partial charge in [0.25, 0.3) is 5.91 Å². The smallest absolute Gasteiger partial charge is 0.258 e. The first-order valence-corrected chi connectivity index (χ1v) is 9.18. The van der Waals surface area contributed by atoms with Gasteiger partial charge in [0.2, 0.25) is 5.91 Å². The molecule has 0 aliphatic carbocycles. The highest BCUT2D eigenvalue weighted by atomic mass is 19.2. The van der Waals surface area contributed by atoms with Crippen LogP contribution in [0.3, 0.4) is 0 Å². The molecule has 3 atom stereocenters. The summed E-state index contributed by atoms with van der Waals surface area (Å²) in [5.41, 5.74) is -0.432. The van der Waals surface area contributed by atoms with Gasteiger partial charge in [-0.2, -0.15) is 0 Å². The molecule has 7 nitrogen and oxygen atoms in total. The second kappa shape index (κ2) is 8.40. The molecule has 2 heterocycles. The summed E-state index contributed by atoms with van der Waals surface area (Å²) < 4.78 is 38.5. The molecule has 0 bridgehead atoms. The van der Waals surface area contributed by atoms with E-state index in [1.165, 1.54) is 18.1 Å². The monoisotopic (exact) mass is 397 g/mol. The first-order chi connectivity index (χ1) is 13.3. The number of nitrogens with zero attached hydrogens (tertiary/aromatic N) is 2. The van der Waals surface area contributed by atoms with Crippen LogP contribution in [-0.4, -0.2) is 80.7 Å². The molecular formula is C19H25F2N3O4. The normalized spacial score (nSPS) is 24.5. The Morgan fingerprint density at radius 3 is 2.75 bits per heavy atom. The van der Waals surface area contributed by atoms with Crippen molar-refractivity contribution < 1.29 is 27.8 Å². The fourth-order valence-corrected chi connectivity index (χ4v) is 3.72. The van der Waals surface area contributed by atoms with Gasteiger partial charge in [0, 0.05) is 39.3 Å². The van der Waals surface area contributed by atoms with E-state index >= 15 is 0 Å². The Bertz CT molecular complexity index is 759. The number of carbonyl (C=O) groups is 2. The highest BCUT2D eigenvalue weighted by Crippen LogP contribution is 2.27. The summed E-state index contributed by atoms with van der Waals surface area (Å²) in [6, 6.07) is 2.05. The van der Waals surface area contributed by atoms with E-state index in [1.807, 2.05) is 0 Å². The van der Waals surface area contributed by atoms with E-state index in [0.29, 0.717) is 32.5 Å². The summed E-state index contributed by atoms with van der Waals surface area (Å²) in [6.07, 6.45) is 0.750. The Balaban J connectivity index is 1.62. The number of halogens is 2. The molecule has 1 aromatic rings. The number of fused-ring (bicyclic) bond motifs is 1. The molecule has 9 heteroatoms. The number of ether oxygens (including phenoxy) is 2. The lowest BCUT2D eigenvalue weighted by atomic mass is 10.1. The molecule has 0 radical (unpaired) electrons. The number of hydrogen-bond donors (Lipinski definition) is 1. The van der Waals surface area contributed by atoms with E-state index in [-0.39, 0.29) is 29.8 Å². The van der Waals surface area contributed by atoms with E-state index in [2.05, 4.69) is 10.2 Å². The lowest BCUT2D eigenvalue weighted by Gasteiger charge is -2.35. The molecule has 2 amide bonds. The van der Waals surface area contributed by atoms with Crippen molar-refractivity contribution in [2.75, 3.05) is 40.9 Å². The van der Waals surface area contributed by atoms with Crippen molar-refractivity contribution >= 4 is 11.8 Å². The molecule has 0 spiro atoms. The van der Waals surface area contributed by atoms with Crippen molar-refractivity contribution in [2.45, 2.75) is 31.0 Å². The molecule has 1 aromatic carbocycles. The number of nitrogens with one attached hydrogen (secondary N) is 1. The van der Waals surface area contributed by atoms with Crippen LogP contribution in [0.4, 0.5) is 8.78 Å². The molecule has 0 saturated carbocycles. The minimum atomic E-state index is -1.22. The summed E-state index contributed by atoms with van der Waals surface area (Å²) in [5.74, 6) is -3.05. The predicted octanol–water partition coefficient (Wildman–Crippen LogP) is 1.02. The SMILES string of the molecule is COc1ccc(F)c(F)c1C(=O)N[C@@H]1C[C@H]2CO[C@@H](CC(=O)N(C)C)CN2C1. The molecule has 1 N–H and O–H groups in total. The van der Waals surface area contributed by atoms with Crippen molar-refractivity contribution in [1.82, 2.24) is 15.1 Å². The third kappa shape index (κ3) is 4.25. The maximum Gasteiger partial charge on any atom is 0.258 e. The molecule has 28 heavy (non-hydrogen) atoms. The number of carbonyl (C=O) groups excluding carboxylic acids is 2. The maximum absolute atomic E-state index is 14.1. The van der Waals surface area contributed by atoms with Gasteiger partial charge in [-0.15, -0.1) is 0 Å². The molecule has 3 rings (SSSR count). The van der Waals surface area contributed by atoms with E-state index in [9.17, 15) is 18.4 Å². The fourth-order valence-electron chi connectivity index (χ4n) is 3.72. The summed E-state index contributed by atoms with van der Waals surface area (Å²) in [7, 11) is 4.70. The molecule has 2 aliphatic heterocycles. The van der Waals surface area contributed by atoms with Crippen molar-refractivity contribution in [3.63, 3.8) is 0 Å². The summed E-state index contributed by atoms with van der Waals surface area (Å²) in [4.78, 5) is 28.1.